The number of aromatic nitrogens is 3. The molecule has 0 aliphatic carbocycles. The first-order valence-corrected chi connectivity index (χ1v) is 9.95. The molecular formula is C25H18N4O3. The Balaban J connectivity index is 1.62. The summed E-state index contributed by atoms with van der Waals surface area (Å²) in [5.41, 5.74) is 3.58. The first-order valence-electron chi connectivity index (χ1n) is 9.95. The number of imide groups is 1. The zero-order valence-electron chi connectivity index (χ0n) is 17.2. The Morgan fingerprint density at radius 3 is 2.28 bits per heavy atom. The number of anilines is 1. The summed E-state index contributed by atoms with van der Waals surface area (Å²) in [6, 6.07) is 21.7. The molecule has 0 N–H and O–H groups in total. The number of carbonyl (C=O) groups excluding carboxylic acids is 2. The van der Waals surface area contributed by atoms with Gasteiger partial charge in [0.05, 0.1) is 18.5 Å². The average molecular weight is 422 g/mol. The number of amides is 2. The molecule has 0 spiro atoms. The molecule has 1 aliphatic rings. The fraction of sp³-hybridized carbons (Fsp3) is 0.0400. The van der Waals surface area contributed by atoms with Crippen molar-refractivity contribution in [2.75, 3.05) is 12.0 Å². The lowest BCUT2D eigenvalue weighted by Crippen LogP contribution is -2.42. The van der Waals surface area contributed by atoms with Crippen LogP contribution in [0.5, 0.6) is 5.75 Å². The largest absolute Gasteiger partial charge is 0.495 e. The van der Waals surface area contributed by atoms with E-state index in [1.807, 2.05) is 30.3 Å². The molecule has 156 valence electrons. The highest BCUT2D eigenvalue weighted by Gasteiger charge is 2.36. The van der Waals surface area contributed by atoms with Crippen molar-refractivity contribution in [3.8, 4) is 11.4 Å². The molecule has 0 radical (unpaired) electrons. The van der Waals surface area contributed by atoms with Gasteiger partial charge in [-0.05, 0) is 47.5 Å². The minimum absolute atomic E-state index is 0.381. The summed E-state index contributed by atoms with van der Waals surface area (Å²) < 4.78 is 7.06. The highest BCUT2D eigenvalue weighted by Crippen LogP contribution is 2.37. The van der Waals surface area contributed by atoms with Crippen LogP contribution >= 0.6 is 0 Å². The third kappa shape index (κ3) is 3.26. The van der Waals surface area contributed by atoms with E-state index in [9.17, 15) is 9.59 Å². The van der Waals surface area contributed by atoms with E-state index in [2.05, 4.69) is 10.1 Å². The van der Waals surface area contributed by atoms with E-state index in [-0.39, 0.29) is 5.91 Å². The fourth-order valence-corrected chi connectivity index (χ4v) is 3.76. The van der Waals surface area contributed by atoms with Crippen molar-refractivity contribution >= 4 is 29.2 Å². The quantitative estimate of drug-likeness (QED) is 0.367. The van der Waals surface area contributed by atoms with Gasteiger partial charge in [-0.25, -0.2) is 14.6 Å². The van der Waals surface area contributed by atoms with Crippen molar-refractivity contribution in [2.45, 2.75) is 0 Å². The van der Waals surface area contributed by atoms with Crippen LogP contribution in [0.1, 0.15) is 21.5 Å². The predicted octanol–water partition coefficient (Wildman–Crippen LogP) is 4.00. The molecule has 7 nitrogen and oxygen atoms in total. The highest BCUT2D eigenvalue weighted by atomic mass is 16.5. The molecular weight excluding hydrogens is 404 g/mol. The van der Waals surface area contributed by atoms with Crippen LogP contribution in [-0.2, 0) is 4.79 Å². The van der Waals surface area contributed by atoms with Crippen molar-refractivity contribution in [1.82, 2.24) is 14.8 Å². The van der Waals surface area contributed by atoms with Crippen LogP contribution < -0.4 is 9.64 Å². The van der Waals surface area contributed by atoms with Crippen LogP contribution in [0.3, 0.4) is 0 Å². The van der Waals surface area contributed by atoms with Gasteiger partial charge < -0.3 is 4.74 Å². The minimum Gasteiger partial charge on any atom is -0.495 e. The van der Waals surface area contributed by atoms with Gasteiger partial charge in [0.1, 0.15) is 18.4 Å². The fourth-order valence-electron chi connectivity index (χ4n) is 3.76. The lowest BCUT2D eigenvalue weighted by molar-refractivity contribution is -0.112. The molecule has 3 aromatic carbocycles. The molecule has 1 aliphatic heterocycles. The van der Waals surface area contributed by atoms with Gasteiger partial charge in [0.2, 0.25) is 0 Å². The molecule has 0 bridgehead atoms. The number of para-hydroxylation sites is 2. The Bertz CT molecular complexity index is 1340. The van der Waals surface area contributed by atoms with Crippen LogP contribution in [0, 0.1) is 0 Å². The second-order valence-corrected chi connectivity index (χ2v) is 7.15. The molecule has 32 heavy (non-hydrogen) atoms. The normalized spacial score (nSPS) is 14.5. The van der Waals surface area contributed by atoms with Crippen LogP contribution in [0.15, 0.2) is 85.5 Å². The van der Waals surface area contributed by atoms with Crippen LogP contribution in [0.4, 0.5) is 5.69 Å². The summed E-state index contributed by atoms with van der Waals surface area (Å²) in [7, 11) is 1.51. The van der Waals surface area contributed by atoms with Gasteiger partial charge in [-0.3, -0.25) is 9.59 Å². The third-order valence-corrected chi connectivity index (χ3v) is 5.30. The Kier molecular flexibility index (Phi) is 4.84. The number of benzene rings is 3. The molecule has 0 unspecified atom stereocenters. The molecule has 5 rings (SSSR count). The topological polar surface area (TPSA) is 77.3 Å². The van der Waals surface area contributed by atoms with Gasteiger partial charge in [-0.1, -0.05) is 42.5 Å². The molecule has 0 saturated carbocycles. The van der Waals surface area contributed by atoms with Gasteiger partial charge in [-0.2, -0.15) is 5.10 Å². The Morgan fingerprint density at radius 1 is 0.844 bits per heavy atom. The van der Waals surface area contributed by atoms with E-state index in [1.54, 1.807) is 59.5 Å². The number of ether oxygens (including phenoxy) is 1. The van der Waals surface area contributed by atoms with E-state index in [0.717, 1.165) is 11.3 Å². The second-order valence-electron chi connectivity index (χ2n) is 7.15. The number of fused-ring (bicyclic) bond motifs is 1. The lowest BCUT2D eigenvalue weighted by Gasteiger charge is -2.29. The van der Waals surface area contributed by atoms with Crippen molar-refractivity contribution < 1.29 is 14.3 Å². The predicted molar refractivity (Wildman–Crippen MR) is 120 cm³/mol. The SMILES string of the molecule is COc1ccccc1N1C(=O)/C(=C/c2ccc(-n3cncn3)cc2)c2ccccc2C1=O. The summed E-state index contributed by atoms with van der Waals surface area (Å²) in [5.74, 6) is -0.336. The standard InChI is InChI=1S/C25H18N4O3/c1-32-23-9-5-4-8-22(23)29-24(30)20-7-3-2-6-19(20)21(25(29)31)14-17-10-12-18(13-11-17)28-16-26-15-27-28/h2-16H,1H3/b21-14+. The molecule has 0 atom stereocenters. The first kappa shape index (κ1) is 19.4. The van der Waals surface area contributed by atoms with Crippen LogP contribution in [0.2, 0.25) is 0 Å². The molecule has 0 saturated heterocycles. The number of rotatable bonds is 4. The molecule has 2 amide bonds. The summed E-state index contributed by atoms with van der Waals surface area (Å²) in [6.45, 7) is 0. The summed E-state index contributed by atoms with van der Waals surface area (Å²) in [4.78, 5) is 32.0. The molecule has 2 heterocycles. The van der Waals surface area contributed by atoms with Crippen LogP contribution in [-0.4, -0.2) is 33.7 Å². The van der Waals surface area contributed by atoms with E-state index >= 15 is 0 Å². The van der Waals surface area contributed by atoms with E-state index < -0.39 is 5.91 Å². The first-order chi connectivity index (χ1) is 15.7. The number of nitrogens with zero attached hydrogens (tertiary/aromatic N) is 4. The van der Waals surface area contributed by atoms with Crippen molar-refractivity contribution in [1.29, 1.82) is 0 Å². The van der Waals surface area contributed by atoms with Gasteiger partial charge in [-0.15, -0.1) is 0 Å². The maximum atomic E-state index is 13.6. The molecule has 4 aromatic rings. The van der Waals surface area contributed by atoms with Gasteiger partial charge in [0.25, 0.3) is 11.8 Å². The van der Waals surface area contributed by atoms with Crippen molar-refractivity contribution in [2.24, 2.45) is 0 Å². The van der Waals surface area contributed by atoms with Gasteiger partial charge in [0.15, 0.2) is 0 Å². The zero-order valence-corrected chi connectivity index (χ0v) is 17.2. The van der Waals surface area contributed by atoms with Crippen LogP contribution in [0.25, 0.3) is 17.3 Å². The number of hydrogen-bond donors (Lipinski definition) is 0. The maximum Gasteiger partial charge on any atom is 0.266 e. The number of hydrogen-bond acceptors (Lipinski definition) is 5. The van der Waals surface area contributed by atoms with E-state index in [4.69, 9.17) is 4.74 Å². The van der Waals surface area contributed by atoms with E-state index in [1.165, 1.54) is 18.3 Å². The molecule has 1 aromatic heterocycles. The van der Waals surface area contributed by atoms with E-state index in [0.29, 0.717) is 28.1 Å². The Hall–Kier alpha value is -4.52. The second kappa shape index (κ2) is 7.96. The maximum absolute atomic E-state index is 13.6. The highest BCUT2D eigenvalue weighted by molar-refractivity contribution is 6.43. The van der Waals surface area contributed by atoms with Gasteiger partial charge in [0, 0.05) is 11.1 Å². The number of carbonyl (C=O) groups is 2. The smallest absolute Gasteiger partial charge is 0.266 e. The monoisotopic (exact) mass is 422 g/mol. The Morgan fingerprint density at radius 2 is 1.56 bits per heavy atom. The summed E-state index contributed by atoms with van der Waals surface area (Å²) >= 11 is 0. The summed E-state index contributed by atoms with van der Waals surface area (Å²) in [5, 5.41) is 4.12. The molecule has 0 fully saturated rings. The lowest BCUT2D eigenvalue weighted by atomic mass is 9.91. The number of methoxy groups -OCH3 is 1. The molecule has 7 heteroatoms. The third-order valence-electron chi connectivity index (χ3n) is 5.30. The zero-order chi connectivity index (χ0) is 22.1. The van der Waals surface area contributed by atoms with Crippen molar-refractivity contribution in [3.63, 3.8) is 0 Å². The van der Waals surface area contributed by atoms with Crippen molar-refractivity contribution in [3.05, 3.63) is 102 Å². The van der Waals surface area contributed by atoms with Gasteiger partial charge >= 0.3 is 0 Å². The summed E-state index contributed by atoms with van der Waals surface area (Å²) in [6.07, 6.45) is 4.88. The minimum atomic E-state index is -0.404. The Labute approximate surface area is 184 Å². The average Bonchev–Trinajstić information content (AvgIpc) is 3.38.